The molecule has 0 aliphatic rings. The fourth-order valence-electron chi connectivity index (χ4n) is 2.24. The standard InChI is InChI=1S/C20H36FN3O7/c1-19(2,3)30-17(28)23-11-9-13-24(18(29)31-20(4,5)6)12-8-7-10-22-15(25)14(21)16(26)27/h14H,7-13H2,1-6H3,(H,22,25)(H,23,28)(H,26,27). The fraction of sp³-hybridized carbons (Fsp3) is 0.800. The maximum absolute atomic E-state index is 13.0. The van der Waals surface area contributed by atoms with Gasteiger partial charge >= 0.3 is 18.2 Å². The number of ether oxygens (including phenoxy) is 2. The van der Waals surface area contributed by atoms with Gasteiger partial charge < -0.3 is 30.1 Å². The molecule has 0 aromatic rings. The largest absolute Gasteiger partial charge is 0.479 e. The molecule has 3 amide bonds. The van der Waals surface area contributed by atoms with E-state index in [2.05, 4.69) is 10.6 Å². The summed E-state index contributed by atoms with van der Waals surface area (Å²) in [6.45, 7) is 11.5. The summed E-state index contributed by atoms with van der Waals surface area (Å²) in [6, 6.07) is 0. The van der Waals surface area contributed by atoms with Crippen molar-refractivity contribution in [3.63, 3.8) is 0 Å². The molecule has 0 bridgehead atoms. The van der Waals surface area contributed by atoms with Crippen LogP contribution in [0.4, 0.5) is 14.0 Å². The van der Waals surface area contributed by atoms with Crippen LogP contribution in [-0.4, -0.2) is 77.6 Å². The number of unbranched alkanes of at least 4 members (excludes halogenated alkanes) is 1. The normalized spacial score (nSPS) is 12.5. The number of aliphatic carboxylic acids is 1. The van der Waals surface area contributed by atoms with Crippen LogP contribution >= 0.6 is 0 Å². The summed E-state index contributed by atoms with van der Waals surface area (Å²) < 4.78 is 23.6. The molecule has 0 radical (unpaired) electrons. The van der Waals surface area contributed by atoms with Gasteiger partial charge in [-0.2, -0.15) is 0 Å². The molecule has 0 heterocycles. The smallest absolute Gasteiger partial charge is 0.410 e. The molecule has 1 atom stereocenters. The number of nitrogens with one attached hydrogen (secondary N) is 2. The third kappa shape index (κ3) is 14.9. The van der Waals surface area contributed by atoms with E-state index in [9.17, 15) is 23.6 Å². The maximum Gasteiger partial charge on any atom is 0.410 e. The lowest BCUT2D eigenvalue weighted by molar-refractivity contribution is -0.148. The summed E-state index contributed by atoms with van der Waals surface area (Å²) in [7, 11) is 0. The first kappa shape index (κ1) is 28.4. The second-order valence-electron chi connectivity index (χ2n) is 8.95. The monoisotopic (exact) mass is 449 g/mol. The fourth-order valence-corrected chi connectivity index (χ4v) is 2.24. The summed E-state index contributed by atoms with van der Waals surface area (Å²) >= 11 is 0. The van der Waals surface area contributed by atoms with Crippen LogP contribution in [-0.2, 0) is 19.1 Å². The van der Waals surface area contributed by atoms with Crippen molar-refractivity contribution < 1.29 is 38.1 Å². The SMILES string of the molecule is CC(C)(C)OC(=O)NCCCN(CCCCNC(=O)C(F)C(=O)O)C(=O)OC(C)(C)C. The maximum atomic E-state index is 13.0. The highest BCUT2D eigenvalue weighted by atomic mass is 19.1. The Morgan fingerprint density at radius 1 is 0.871 bits per heavy atom. The topological polar surface area (TPSA) is 134 Å². The molecule has 0 rings (SSSR count). The van der Waals surface area contributed by atoms with Gasteiger partial charge in [0.05, 0.1) is 0 Å². The van der Waals surface area contributed by atoms with Gasteiger partial charge in [-0.15, -0.1) is 0 Å². The molecule has 180 valence electrons. The number of carbonyl (C=O) groups excluding carboxylic acids is 3. The number of carboxylic acid groups (broad SMARTS) is 1. The quantitative estimate of drug-likeness (QED) is 0.326. The van der Waals surface area contributed by atoms with Gasteiger partial charge in [0.1, 0.15) is 11.2 Å². The lowest BCUT2D eigenvalue weighted by Crippen LogP contribution is -2.40. The molecule has 10 nitrogen and oxygen atoms in total. The number of alkyl halides is 1. The van der Waals surface area contributed by atoms with Crippen LogP contribution < -0.4 is 10.6 Å². The summed E-state index contributed by atoms with van der Waals surface area (Å²) in [5.41, 5.74) is -1.28. The second-order valence-corrected chi connectivity index (χ2v) is 8.95. The van der Waals surface area contributed by atoms with Crippen LogP contribution in [0.3, 0.4) is 0 Å². The molecule has 0 aliphatic heterocycles. The van der Waals surface area contributed by atoms with Gasteiger partial charge in [0.2, 0.25) is 0 Å². The Morgan fingerprint density at radius 2 is 1.39 bits per heavy atom. The minimum absolute atomic E-state index is 0.0783. The molecule has 0 aromatic heterocycles. The third-order valence-electron chi connectivity index (χ3n) is 3.53. The lowest BCUT2D eigenvalue weighted by Gasteiger charge is -2.27. The van der Waals surface area contributed by atoms with Gasteiger partial charge in [-0.25, -0.2) is 18.8 Å². The van der Waals surface area contributed by atoms with E-state index in [0.717, 1.165) is 0 Å². The van der Waals surface area contributed by atoms with Crippen LogP contribution in [0.1, 0.15) is 60.8 Å². The molecule has 11 heteroatoms. The van der Waals surface area contributed by atoms with E-state index in [4.69, 9.17) is 14.6 Å². The molecule has 0 aromatic carbocycles. The Balaban J connectivity index is 4.49. The minimum Gasteiger partial charge on any atom is -0.479 e. The summed E-state index contributed by atoms with van der Waals surface area (Å²) in [4.78, 5) is 47.3. The van der Waals surface area contributed by atoms with Crippen LogP contribution in [0, 0.1) is 0 Å². The van der Waals surface area contributed by atoms with Gasteiger partial charge in [0, 0.05) is 26.2 Å². The van der Waals surface area contributed by atoms with Crippen LogP contribution in [0.5, 0.6) is 0 Å². The zero-order valence-electron chi connectivity index (χ0n) is 19.2. The van der Waals surface area contributed by atoms with Crippen molar-refractivity contribution in [1.29, 1.82) is 0 Å². The molecule has 0 fully saturated rings. The molecular weight excluding hydrogens is 413 g/mol. The van der Waals surface area contributed by atoms with Crippen molar-refractivity contribution in [2.45, 2.75) is 78.2 Å². The van der Waals surface area contributed by atoms with Gasteiger partial charge in [-0.05, 0) is 60.8 Å². The number of alkyl carbamates (subject to hydrolysis) is 1. The Kier molecular flexibility index (Phi) is 11.9. The number of amides is 3. The van der Waals surface area contributed by atoms with E-state index in [1.807, 2.05) is 0 Å². The molecule has 0 saturated carbocycles. The van der Waals surface area contributed by atoms with Crippen molar-refractivity contribution in [3.8, 4) is 0 Å². The van der Waals surface area contributed by atoms with E-state index in [1.54, 1.807) is 41.5 Å². The number of carboxylic acids is 1. The van der Waals surface area contributed by atoms with Crippen molar-refractivity contribution in [2.24, 2.45) is 0 Å². The van der Waals surface area contributed by atoms with Crippen molar-refractivity contribution in [1.82, 2.24) is 15.5 Å². The summed E-state index contributed by atoms with van der Waals surface area (Å²) in [5.74, 6) is -3.04. The number of hydrogen-bond donors (Lipinski definition) is 3. The van der Waals surface area contributed by atoms with E-state index < -0.39 is 41.4 Å². The zero-order chi connectivity index (χ0) is 24.2. The zero-order valence-corrected chi connectivity index (χ0v) is 19.2. The highest BCUT2D eigenvalue weighted by Gasteiger charge is 2.25. The summed E-state index contributed by atoms with van der Waals surface area (Å²) in [5, 5.41) is 13.3. The number of carbonyl (C=O) groups is 4. The van der Waals surface area contributed by atoms with E-state index in [-0.39, 0.29) is 6.54 Å². The predicted molar refractivity (Wildman–Crippen MR) is 111 cm³/mol. The minimum atomic E-state index is -2.60. The number of nitrogens with zero attached hydrogens (tertiary/aromatic N) is 1. The van der Waals surface area contributed by atoms with E-state index in [0.29, 0.717) is 38.9 Å². The molecule has 3 N–H and O–H groups in total. The Morgan fingerprint density at radius 3 is 1.90 bits per heavy atom. The average Bonchev–Trinajstić information content (AvgIpc) is 2.58. The van der Waals surface area contributed by atoms with Crippen LogP contribution in [0.25, 0.3) is 0 Å². The van der Waals surface area contributed by atoms with E-state index in [1.165, 1.54) is 4.90 Å². The molecule has 0 spiro atoms. The first-order valence-corrected chi connectivity index (χ1v) is 10.2. The Hall–Kier alpha value is -2.59. The second kappa shape index (κ2) is 13.0. The van der Waals surface area contributed by atoms with Crippen LogP contribution in [0.2, 0.25) is 0 Å². The molecule has 31 heavy (non-hydrogen) atoms. The highest BCUT2D eigenvalue weighted by molar-refractivity contribution is 5.99. The first-order valence-electron chi connectivity index (χ1n) is 10.2. The molecule has 1 unspecified atom stereocenters. The van der Waals surface area contributed by atoms with Crippen LogP contribution in [0.15, 0.2) is 0 Å². The lowest BCUT2D eigenvalue weighted by atomic mass is 10.2. The number of halogens is 1. The summed E-state index contributed by atoms with van der Waals surface area (Å²) in [6.07, 6.45) is -2.30. The molecular formula is C20H36FN3O7. The van der Waals surface area contributed by atoms with Crippen molar-refractivity contribution in [2.75, 3.05) is 26.2 Å². The van der Waals surface area contributed by atoms with E-state index >= 15 is 0 Å². The third-order valence-corrected chi connectivity index (χ3v) is 3.53. The van der Waals surface area contributed by atoms with Gasteiger partial charge in [0.15, 0.2) is 0 Å². The van der Waals surface area contributed by atoms with Crippen molar-refractivity contribution >= 4 is 24.1 Å². The van der Waals surface area contributed by atoms with Gasteiger partial charge in [0.25, 0.3) is 12.1 Å². The highest BCUT2D eigenvalue weighted by Crippen LogP contribution is 2.11. The average molecular weight is 450 g/mol. The molecule has 0 aliphatic carbocycles. The Labute approximate surface area is 182 Å². The first-order chi connectivity index (χ1) is 14.1. The van der Waals surface area contributed by atoms with Crippen molar-refractivity contribution in [3.05, 3.63) is 0 Å². The van der Waals surface area contributed by atoms with Gasteiger partial charge in [-0.3, -0.25) is 4.79 Å². The van der Waals surface area contributed by atoms with Gasteiger partial charge in [-0.1, -0.05) is 0 Å². The number of rotatable bonds is 11. The molecule has 0 saturated heterocycles. The number of hydrogen-bond acceptors (Lipinski definition) is 6. The Bertz CT molecular complexity index is 615. The predicted octanol–water partition coefficient (Wildman–Crippen LogP) is 2.46.